The molecule has 158 valence electrons. The molecule has 0 heterocycles. The van der Waals surface area contributed by atoms with Gasteiger partial charge < -0.3 is 15.4 Å². The van der Waals surface area contributed by atoms with Crippen LogP contribution >= 0.6 is 11.6 Å². The van der Waals surface area contributed by atoms with Crippen LogP contribution in [0.15, 0.2) is 41.5 Å². The highest BCUT2D eigenvalue weighted by Gasteiger charge is 2.11. The van der Waals surface area contributed by atoms with Gasteiger partial charge in [-0.1, -0.05) is 29.3 Å². The van der Waals surface area contributed by atoms with Crippen molar-refractivity contribution in [2.24, 2.45) is 5.10 Å². The lowest BCUT2D eigenvalue weighted by molar-refractivity contribution is -0.139. The van der Waals surface area contributed by atoms with Crippen LogP contribution in [0.1, 0.15) is 23.6 Å². The molecule has 0 aliphatic heterocycles. The Morgan fingerprint density at radius 1 is 1.10 bits per heavy atom. The van der Waals surface area contributed by atoms with Gasteiger partial charge in [0.1, 0.15) is 5.75 Å². The predicted molar refractivity (Wildman–Crippen MR) is 116 cm³/mol. The molecule has 8 nitrogen and oxygen atoms in total. The fourth-order valence-corrected chi connectivity index (χ4v) is 2.67. The highest BCUT2D eigenvalue weighted by molar-refractivity contribution is 6.35. The normalized spacial score (nSPS) is 10.5. The fourth-order valence-electron chi connectivity index (χ4n) is 2.49. The Hall–Kier alpha value is -3.39. The van der Waals surface area contributed by atoms with Crippen LogP contribution in [-0.2, 0) is 14.4 Å². The van der Waals surface area contributed by atoms with Crippen molar-refractivity contribution < 1.29 is 19.1 Å². The number of hydrogen-bond donors (Lipinski definition) is 3. The Morgan fingerprint density at radius 3 is 2.57 bits per heavy atom. The van der Waals surface area contributed by atoms with Gasteiger partial charge in [-0.05, 0) is 50.6 Å². The van der Waals surface area contributed by atoms with Crippen LogP contribution in [0.5, 0.6) is 5.75 Å². The summed E-state index contributed by atoms with van der Waals surface area (Å²) >= 11 is 6.00. The van der Waals surface area contributed by atoms with E-state index in [0.717, 1.165) is 11.1 Å². The first-order valence-electron chi connectivity index (χ1n) is 9.20. The number of ether oxygens (including phenoxy) is 1. The molecule has 0 aliphatic carbocycles. The largest absolute Gasteiger partial charge is 0.483 e. The average molecular weight is 431 g/mol. The number of likely N-dealkylation sites (N-methyl/N-ethyl adjacent to an activating group) is 1. The monoisotopic (exact) mass is 430 g/mol. The number of carbonyl (C=O) groups is 3. The van der Waals surface area contributed by atoms with Crippen molar-refractivity contribution in [3.63, 3.8) is 0 Å². The molecule has 0 saturated heterocycles. The summed E-state index contributed by atoms with van der Waals surface area (Å²) in [5, 5.41) is 9.31. The number of benzene rings is 2. The number of hydrogen-bond acceptors (Lipinski definition) is 5. The number of amides is 3. The Balaban J connectivity index is 2.00. The van der Waals surface area contributed by atoms with E-state index >= 15 is 0 Å². The number of hydrazone groups is 1. The Morgan fingerprint density at radius 2 is 1.87 bits per heavy atom. The van der Waals surface area contributed by atoms with Gasteiger partial charge in [0.15, 0.2) is 6.61 Å². The third-order valence-corrected chi connectivity index (χ3v) is 4.13. The summed E-state index contributed by atoms with van der Waals surface area (Å²) < 4.78 is 5.58. The van der Waals surface area contributed by atoms with Crippen LogP contribution in [0.2, 0.25) is 5.02 Å². The van der Waals surface area contributed by atoms with Crippen LogP contribution in [0.25, 0.3) is 0 Å². The van der Waals surface area contributed by atoms with E-state index in [-0.39, 0.29) is 12.5 Å². The molecule has 3 amide bonds. The van der Waals surface area contributed by atoms with Gasteiger partial charge in [0.2, 0.25) is 0 Å². The first kappa shape index (κ1) is 22.9. The quantitative estimate of drug-likeness (QED) is 0.356. The molecule has 0 atom stereocenters. The summed E-state index contributed by atoms with van der Waals surface area (Å²) in [4.78, 5) is 35.2. The Kier molecular flexibility index (Phi) is 8.37. The topological polar surface area (TPSA) is 109 Å². The summed E-state index contributed by atoms with van der Waals surface area (Å²) in [5.74, 6) is -1.68. The highest BCUT2D eigenvalue weighted by Crippen LogP contribution is 2.22. The van der Waals surface area contributed by atoms with E-state index in [2.05, 4.69) is 21.2 Å². The van der Waals surface area contributed by atoms with E-state index in [9.17, 15) is 14.4 Å². The molecule has 3 N–H and O–H groups in total. The van der Waals surface area contributed by atoms with Crippen molar-refractivity contribution in [1.29, 1.82) is 0 Å². The maximum Gasteiger partial charge on any atom is 0.329 e. The van der Waals surface area contributed by atoms with E-state index in [4.69, 9.17) is 16.3 Å². The van der Waals surface area contributed by atoms with Crippen molar-refractivity contribution in [2.75, 3.05) is 18.5 Å². The summed E-state index contributed by atoms with van der Waals surface area (Å²) in [6.07, 6.45) is 1.28. The number of rotatable bonds is 7. The lowest BCUT2D eigenvalue weighted by Crippen LogP contribution is -2.37. The SMILES string of the molecule is CCNC(=O)C(=O)N/N=C\c1cc(Cl)ccc1OCC(=O)Nc1ccc(C)cc1C. The lowest BCUT2D eigenvalue weighted by atomic mass is 10.1. The number of aryl methyl sites for hydroxylation is 2. The summed E-state index contributed by atoms with van der Waals surface area (Å²) in [7, 11) is 0. The second-order valence-electron chi connectivity index (χ2n) is 6.40. The van der Waals surface area contributed by atoms with E-state index in [1.165, 1.54) is 6.21 Å². The predicted octanol–water partition coefficient (Wildman–Crippen LogP) is 2.56. The van der Waals surface area contributed by atoms with Gasteiger partial charge in [-0.25, -0.2) is 5.43 Å². The molecule has 2 aromatic rings. The van der Waals surface area contributed by atoms with Gasteiger partial charge in [0, 0.05) is 22.8 Å². The summed E-state index contributed by atoms with van der Waals surface area (Å²) in [6, 6.07) is 10.5. The molecule has 0 radical (unpaired) electrons. The average Bonchev–Trinajstić information content (AvgIpc) is 2.69. The third kappa shape index (κ3) is 6.89. The molecule has 0 bridgehead atoms. The molecule has 0 aromatic heterocycles. The molecule has 0 saturated carbocycles. The molecule has 2 rings (SSSR count). The third-order valence-electron chi connectivity index (χ3n) is 3.90. The van der Waals surface area contributed by atoms with Crippen LogP contribution in [0.4, 0.5) is 5.69 Å². The molecule has 2 aromatic carbocycles. The molecular weight excluding hydrogens is 408 g/mol. The lowest BCUT2D eigenvalue weighted by Gasteiger charge is -2.11. The summed E-state index contributed by atoms with van der Waals surface area (Å²) in [5.41, 5.74) is 5.30. The molecule has 0 spiro atoms. The fraction of sp³-hybridized carbons (Fsp3) is 0.238. The van der Waals surface area contributed by atoms with Crippen LogP contribution in [0.3, 0.4) is 0 Å². The Labute approximate surface area is 179 Å². The van der Waals surface area contributed by atoms with Crippen molar-refractivity contribution in [3.05, 3.63) is 58.1 Å². The van der Waals surface area contributed by atoms with Gasteiger partial charge in [-0.2, -0.15) is 5.10 Å². The minimum atomic E-state index is -0.898. The minimum Gasteiger partial charge on any atom is -0.483 e. The first-order chi connectivity index (χ1) is 14.3. The smallest absolute Gasteiger partial charge is 0.329 e. The molecular formula is C21H23ClN4O4. The number of nitrogens with zero attached hydrogens (tertiary/aromatic N) is 1. The second kappa shape index (κ2) is 11.0. The molecule has 9 heteroatoms. The van der Waals surface area contributed by atoms with Crippen LogP contribution in [-0.4, -0.2) is 37.1 Å². The number of carbonyl (C=O) groups excluding carboxylic acids is 3. The first-order valence-corrected chi connectivity index (χ1v) is 9.58. The zero-order valence-corrected chi connectivity index (χ0v) is 17.7. The van der Waals surface area contributed by atoms with Gasteiger partial charge in [-0.3, -0.25) is 14.4 Å². The maximum atomic E-state index is 12.2. The standard InChI is InChI=1S/C21H23ClN4O4/c1-4-23-20(28)21(29)26-24-11-15-10-16(22)6-8-18(15)30-12-19(27)25-17-7-5-13(2)9-14(17)3/h5-11H,4,12H2,1-3H3,(H,23,28)(H,25,27)(H,26,29)/b24-11-. The van der Waals surface area contributed by atoms with E-state index < -0.39 is 11.8 Å². The van der Waals surface area contributed by atoms with Crippen molar-refractivity contribution in [3.8, 4) is 5.75 Å². The number of nitrogens with one attached hydrogen (secondary N) is 3. The van der Waals surface area contributed by atoms with E-state index in [1.807, 2.05) is 32.0 Å². The number of anilines is 1. The van der Waals surface area contributed by atoms with E-state index in [1.54, 1.807) is 25.1 Å². The minimum absolute atomic E-state index is 0.235. The highest BCUT2D eigenvalue weighted by atomic mass is 35.5. The maximum absolute atomic E-state index is 12.2. The van der Waals surface area contributed by atoms with Gasteiger partial charge in [0.05, 0.1) is 6.21 Å². The summed E-state index contributed by atoms with van der Waals surface area (Å²) in [6.45, 7) is 5.67. The van der Waals surface area contributed by atoms with E-state index in [0.29, 0.717) is 28.6 Å². The zero-order valence-electron chi connectivity index (χ0n) is 16.9. The van der Waals surface area contributed by atoms with Gasteiger partial charge >= 0.3 is 11.8 Å². The van der Waals surface area contributed by atoms with Crippen molar-refractivity contribution >= 4 is 41.2 Å². The van der Waals surface area contributed by atoms with Crippen LogP contribution < -0.4 is 20.8 Å². The molecule has 0 aliphatic rings. The molecule has 30 heavy (non-hydrogen) atoms. The Bertz CT molecular complexity index is 975. The van der Waals surface area contributed by atoms with Gasteiger partial charge in [-0.15, -0.1) is 0 Å². The van der Waals surface area contributed by atoms with Crippen molar-refractivity contribution in [2.45, 2.75) is 20.8 Å². The second-order valence-corrected chi connectivity index (χ2v) is 6.83. The van der Waals surface area contributed by atoms with Crippen molar-refractivity contribution in [1.82, 2.24) is 10.7 Å². The van der Waals surface area contributed by atoms with Crippen LogP contribution in [0, 0.1) is 13.8 Å². The number of halogens is 1. The van der Waals surface area contributed by atoms with Gasteiger partial charge in [0.25, 0.3) is 5.91 Å². The molecule has 0 fully saturated rings. The molecule has 0 unspecified atom stereocenters. The zero-order chi connectivity index (χ0) is 22.1.